The van der Waals surface area contributed by atoms with Crippen molar-refractivity contribution in [2.24, 2.45) is 5.92 Å². The lowest BCUT2D eigenvalue weighted by Crippen LogP contribution is -2.46. The SMILES string of the molecule is Cc1cc(N2CCC[C@@H](NCC3CC3)C2)cnc1C(C)n1cc(-c2cncc(C3CC3)c2)nn1. The van der Waals surface area contributed by atoms with Crippen molar-refractivity contribution in [1.82, 2.24) is 30.3 Å². The topological polar surface area (TPSA) is 71.8 Å². The number of aryl methyl sites for hydroxylation is 1. The summed E-state index contributed by atoms with van der Waals surface area (Å²) in [6, 6.07) is 5.12. The fourth-order valence-electron chi connectivity index (χ4n) is 5.18. The molecule has 1 aliphatic heterocycles. The summed E-state index contributed by atoms with van der Waals surface area (Å²) in [7, 11) is 0. The van der Waals surface area contributed by atoms with Gasteiger partial charge >= 0.3 is 0 Å². The van der Waals surface area contributed by atoms with Gasteiger partial charge in [0.1, 0.15) is 5.69 Å². The van der Waals surface area contributed by atoms with Crippen molar-refractivity contribution in [1.29, 1.82) is 0 Å². The van der Waals surface area contributed by atoms with E-state index in [4.69, 9.17) is 4.98 Å². The first-order valence-corrected chi connectivity index (χ1v) is 13.0. The maximum absolute atomic E-state index is 4.90. The van der Waals surface area contributed by atoms with Gasteiger partial charge in [-0.3, -0.25) is 9.97 Å². The predicted octanol–water partition coefficient (Wildman–Crippen LogP) is 4.50. The van der Waals surface area contributed by atoms with Crippen molar-refractivity contribution in [3.8, 4) is 11.3 Å². The van der Waals surface area contributed by atoms with Gasteiger partial charge in [-0.05, 0) is 94.0 Å². The summed E-state index contributed by atoms with van der Waals surface area (Å²) in [5, 5.41) is 12.7. The van der Waals surface area contributed by atoms with Gasteiger partial charge in [0.15, 0.2) is 0 Å². The van der Waals surface area contributed by atoms with Gasteiger partial charge in [0, 0.05) is 37.1 Å². The molecule has 0 amide bonds. The highest BCUT2D eigenvalue weighted by Crippen LogP contribution is 2.40. The van der Waals surface area contributed by atoms with Crippen LogP contribution in [-0.2, 0) is 0 Å². The number of rotatable bonds is 8. The number of hydrogen-bond acceptors (Lipinski definition) is 6. The van der Waals surface area contributed by atoms with Gasteiger partial charge in [-0.2, -0.15) is 0 Å². The average molecular weight is 458 g/mol. The average Bonchev–Trinajstić information content (AvgIpc) is 3.81. The van der Waals surface area contributed by atoms with E-state index < -0.39 is 0 Å². The van der Waals surface area contributed by atoms with E-state index in [0.29, 0.717) is 12.0 Å². The van der Waals surface area contributed by atoms with Crippen LogP contribution in [0.3, 0.4) is 0 Å². The van der Waals surface area contributed by atoms with Gasteiger partial charge in [0.05, 0.1) is 29.8 Å². The maximum atomic E-state index is 4.90. The Morgan fingerprint density at radius 2 is 1.97 bits per heavy atom. The van der Waals surface area contributed by atoms with E-state index >= 15 is 0 Å². The Labute approximate surface area is 202 Å². The molecule has 178 valence electrons. The quantitative estimate of drug-likeness (QED) is 0.537. The first-order valence-electron chi connectivity index (χ1n) is 13.0. The van der Waals surface area contributed by atoms with Crippen molar-refractivity contribution >= 4 is 5.69 Å². The van der Waals surface area contributed by atoms with Crippen LogP contribution in [0, 0.1) is 12.8 Å². The molecular formula is C27H35N7. The van der Waals surface area contributed by atoms with E-state index in [1.807, 2.05) is 29.5 Å². The fraction of sp³-hybridized carbons (Fsp3) is 0.556. The molecule has 7 heteroatoms. The van der Waals surface area contributed by atoms with E-state index in [1.165, 1.54) is 61.9 Å². The van der Waals surface area contributed by atoms with Gasteiger partial charge < -0.3 is 10.2 Å². The number of aromatic nitrogens is 5. The first kappa shape index (κ1) is 21.7. The predicted molar refractivity (Wildman–Crippen MR) is 134 cm³/mol. The third-order valence-corrected chi connectivity index (χ3v) is 7.69. The third kappa shape index (κ3) is 4.71. The number of nitrogens with zero attached hydrogens (tertiary/aromatic N) is 6. The largest absolute Gasteiger partial charge is 0.369 e. The molecule has 7 nitrogen and oxygen atoms in total. The minimum absolute atomic E-state index is 0.0178. The second-order valence-electron chi connectivity index (χ2n) is 10.6. The minimum atomic E-state index is 0.0178. The van der Waals surface area contributed by atoms with Crippen LogP contribution in [0.4, 0.5) is 5.69 Å². The van der Waals surface area contributed by atoms with Crippen LogP contribution in [0.5, 0.6) is 0 Å². The Morgan fingerprint density at radius 1 is 1.09 bits per heavy atom. The zero-order chi connectivity index (χ0) is 23.1. The smallest absolute Gasteiger partial charge is 0.114 e. The van der Waals surface area contributed by atoms with Crippen molar-refractivity contribution in [2.75, 3.05) is 24.5 Å². The number of anilines is 1. The monoisotopic (exact) mass is 457 g/mol. The van der Waals surface area contributed by atoms with Crippen LogP contribution >= 0.6 is 0 Å². The van der Waals surface area contributed by atoms with Crippen molar-refractivity contribution < 1.29 is 0 Å². The summed E-state index contributed by atoms with van der Waals surface area (Å²) < 4.78 is 1.92. The molecule has 3 aromatic heterocycles. The van der Waals surface area contributed by atoms with Gasteiger partial charge in [0.2, 0.25) is 0 Å². The number of piperidine rings is 1. The molecule has 0 spiro atoms. The third-order valence-electron chi connectivity index (χ3n) is 7.69. The molecule has 0 aromatic carbocycles. The summed E-state index contributed by atoms with van der Waals surface area (Å²) in [6.45, 7) is 7.68. The molecule has 3 aromatic rings. The Kier molecular flexibility index (Phi) is 5.81. The molecular weight excluding hydrogens is 422 g/mol. The van der Waals surface area contributed by atoms with Crippen LogP contribution < -0.4 is 10.2 Å². The Hall–Kier alpha value is -2.80. The lowest BCUT2D eigenvalue weighted by atomic mass is 10.0. The molecule has 2 aliphatic carbocycles. The number of pyridine rings is 2. The van der Waals surface area contributed by atoms with Crippen LogP contribution in [0.15, 0.2) is 36.9 Å². The van der Waals surface area contributed by atoms with Crippen LogP contribution in [0.2, 0.25) is 0 Å². The summed E-state index contributed by atoms with van der Waals surface area (Å²) in [5.41, 5.74) is 6.70. The Balaban J connectivity index is 1.15. The summed E-state index contributed by atoms with van der Waals surface area (Å²) in [6.07, 6.45) is 15.8. The molecule has 4 heterocycles. The van der Waals surface area contributed by atoms with Gasteiger partial charge in [0.25, 0.3) is 0 Å². The second-order valence-corrected chi connectivity index (χ2v) is 10.6. The van der Waals surface area contributed by atoms with Gasteiger partial charge in [-0.1, -0.05) is 5.21 Å². The Morgan fingerprint density at radius 3 is 2.76 bits per heavy atom. The zero-order valence-corrected chi connectivity index (χ0v) is 20.3. The van der Waals surface area contributed by atoms with E-state index in [0.717, 1.165) is 36.0 Å². The first-order chi connectivity index (χ1) is 16.6. The molecule has 2 atom stereocenters. The summed E-state index contributed by atoms with van der Waals surface area (Å²) >= 11 is 0. The molecule has 0 radical (unpaired) electrons. The normalized spacial score (nSPS) is 21.6. The van der Waals surface area contributed by atoms with Gasteiger partial charge in [-0.25, -0.2) is 4.68 Å². The molecule has 1 N–H and O–H groups in total. The molecule has 3 aliphatic rings. The van der Waals surface area contributed by atoms with Crippen LogP contribution in [-0.4, -0.2) is 50.6 Å². The van der Waals surface area contributed by atoms with E-state index in [2.05, 4.69) is 51.5 Å². The molecule has 34 heavy (non-hydrogen) atoms. The van der Waals surface area contributed by atoms with Crippen LogP contribution in [0.25, 0.3) is 11.3 Å². The highest BCUT2D eigenvalue weighted by molar-refractivity contribution is 5.58. The van der Waals surface area contributed by atoms with Crippen molar-refractivity contribution in [3.05, 3.63) is 53.7 Å². The lowest BCUT2D eigenvalue weighted by molar-refractivity contribution is 0.416. The summed E-state index contributed by atoms with van der Waals surface area (Å²) in [4.78, 5) is 11.8. The van der Waals surface area contributed by atoms with E-state index in [9.17, 15) is 0 Å². The van der Waals surface area contributed by atoms with Crippen molar-refractivity contribution in [2.45, 2.75) is 70.4 Å². The fourth-order valence-corrected chi connectivity index (χ4v) is 5.18. The zero-order valence-electron chi connectivity index (χ0n) is 20.3. The highest BCUT2D eigenvalue weighted by atomic mass is 15.4. The molecule has 0 bridgehead atoms. The Bertz CT molecular complexity index is 1150. The lowest BCUT2D eigenvalue weighted by Gasteiger charge is -2.35. The van der Waals surface area contributed by atoms with E-state index in [-0.39, 0.29) is 6.04 Å². The maximum Gasteiger partial charge on any atom is 0.114 e. The molecule has 2 saturated carbocycles. The van der Waals surface area contributed by atoms with Gasteiger partial charge in [-0.15, -0.1) is 5.10 Å². The molecule has 1 saturated heterocycles. The molecule has 1 unspecified atom stereocenters. The van der Waals surface area contributed by atoms with Crippen molar-refractivity contribution in [3.63, 3.8) is 0 Å². The van der Waals surface area contributed by atoms with Crippen LogP contribution in [0.1, 0.15) is 74.2 Å². The number of nitrogens with one attached hydrogen (secondary N) is 1. The standard InChI is InChI=1S/C27H35N7/c1-18-10-25(33-9-3-4-24(16-33)29-12-20-5-6-20)15-30-27(18)19(2)34-17-26(31-32-34)23-11-22(13-28-14-23)21-7-8-21/h10-11,13-15,17,19-21,24,29H,3-9,12,16H2,1-2H3/t19?,24-/m1/s1. The van der Waals surface area contributed by atoms with E-state index in [1.54, 1.807) is 0 Å². The minimum Gasteiger partial charge on any atom is -0.369 e. The highest BCUT2D eigenvalue weighted by Gasteiger charge is 2.26. The second kappa shape index (κ2) is 9.10. The summed E-state index contributed by atoms with van der Waals surface area (Å²) in [5.74, 6) is 1.60. The molecule has 6 rings (SSSR count). The molecule has 3 fully saturated rings. The number of hydrogen-bond donors (Lipinski definition) is 1.